The lowest BCUT2D eigenvalue weighted by atomic mass is 9.97. The minimum absolute atomic E-state index is 0.125. The third-order valence-corrected chi connectivity index (χ3v) is 3.61. The van der Waals surface area contributed by atoms with Gasteiger partial charge in [0.25, 0.3) is 0 Å². The van der Waals surface area contributed by atoms with Crippen molar-refractivity contribution in [3.63, 3.8) is 0 Å². The number of hydrogen-bond donors (Lipinski definition) is 0. The fraction of sp³-hybridized carbons (Fsp3) is 0.105. The molecule has 0 aliphatic rings. The maximum absolute atomic E-state index is 12.6. The standard InChI is InChI=1S/C19H16O2/c1-21-19-12-11-16(15-9-5-6-10-17(15)19)18(20)13-14-7-3-2-4-8-14/h2-12H,13H2,1H3. The second-order valence-electron chi connectivity index (χ2n) is 4.95. The summed E-state index contributed by atoms with van der Waals surface area (Å²) in [6, 6.07) is 21.4. The van der Waals surface area contributed by atoms with Gasteiger partial charge in [0.1, 0.15) is 5.75 Å². The van der Waals surface area contributed by atoms with Gasteiger partial charge in [-0.05, 0) is 23.1 Å². The van der Waals surface area contributed by atoms with Crippen molar-refractivity contribution in [2.75, 3.05) is 7.11 Å². The molecule has 0 unspecified atom stereocenters. The van der Waals surface area contributed by atoms with Gasteiger partial charge in [-0.1, -0.05) is 54.6 Å². The number of fused-ring (bicyclic) bond motifs is 1. The first-order valence-corrected chi connectivity index (χ1v) is 6.92. The summed E-state index contributed by atoms with van der Waals surface area (Å²) in [5, 5.41) is 1.91. The molecule has 0 saturated heterocycles. The second-order valence-corrected chi connectivity index (χ2v) is 4.95. The van der Waals surface area contributed by atoms with E-state index in [1.165, 1.54) is 0 Å². The van der Waals surface area contributed by atoms with E-state index in [0.717, 1.165) is 27.6 Å². The largest absolute Gasteiger partial charge is 0.496 e. The van der Waals surface area contributed by atoms with Crippen molar-refractivity contribution in [3.05, 3.63) is 77.9 Å². The van der Waals surface area contributed by atoms with Gasteiger partial charge in [-0.15, -0.1) is 0 Å². The first-order chi connectivity index (χ1) is 10.3. The normalized spacial score (nSPS) is 10.5. The molecule has 2 nitrogen and oxygen atoms in total. The molecule has 0 saturated carbocycles. The smallest absolute Gasteiger partial charge is 0.167 e. The van der Waals surface area contributed by atoms with E-state index in [4.69, 9.17) is 4.74 Å². The summed E-state index contributed by atoms with van der Waals surface area (Å²) >= 11 is 0. The molecule has 0 aliphatic heterocycles. The third-order valence-electron chi connectivity index (χ3n) is 3.61. The number of Topliss-reactive ketones (excluding diaryl/α,β-unsaturated/α-hetero) is 1. The van der Waals surface area contributed by atoms with Crippen LogP contribution in [0.5, 0.6) is 5.75 Å². The van der Waals surface area contributed by atoms with Gasteiger partial charge in [-0.2, -0.15) is 0 Å². The first kappa shape index (κ1) is 13.4. The van der Waals surface area contributed by atoms with Gasteiger partial charge in [0.05, 0.1) is 7.11 Å². The van der Waals surface area contributed by atoms with Gasteiger partial charge in [-0.3, -0.25) is 4.79 Å². The number of carbonyl (C=O) groups is 1. The van der Waals surface area contributed by atoms with Crippen LogP contribution < -0.4 is 4.74 Å². The van der Waals surface area contributed by atoms with Gasteiger partial charge in [-0.25, -0.2) is 0 Å². The maximum Gasteiger partial charge on any atom is 0.167 e. The van der Waals surface area contributed by atoms with E-state index in [0.29, 0.717) is 6.42 Å². The summed E-state index contributed by atoms with van der Waals surface area (Å²) in [6.07, 6.45) is 0.414. The highest BCUT2D eigenvalue weighted by Gasteiger charge is 2.13. The van der Waals surface area contributed by atoms with Crippen molar-refractivity contribution in [2.24, 2.45) is 0 Å². The molecule has 21 heavy (non-hydrogen) atoms. The predicted octanol–water partition coefficient (Wildman–Crippen LogP) is 4.27. The molecule has 0 N–H and O–H groups in total. The van der Waals surface area contributed by atoms with Gasteiger partial charge in [0, 0.05) is 17.4 Å². The molecule has 0 fully saturated rings. The Kier molecular flexibility index (Phi) is 3.69. The third kappa shape index (κ3) is 2.65. The van der Waals surface area contributed by atoms with Crippen LogP contribution in [0.3, 0.4) is 0 Å². The summed E-state index contributed by atoms with van der Waals surface area (Å²) in [7, 11) is 1.65. The number of ether oxygens (including phenoxy) is 1. The van der Waals surface area contributed by atoms with Crippen molar-refractivity contribution in [3.8, 4) is 5.75 Å². The lowest BCUT2D eigenvalue weighted by Crippen LogP contribution is -2.04. The van der Waals surface area contributed by atoms with Crippen LogP contribution in [0, 0.1) is 0 Å². The van der Waals surface area contributed by atoms with Crippen LogP contribution >= 0.6 is 0 Å². The van der Waals surface area contributed by atoms with E-state index in [1.807, 2.05) is 66.7 Å². The molecule has 3 rings (SSSR count). The van der Waals surface area contributed by atoms with Crippen LogP contribution in [-0.4, -0.2) is 12.9 Å². The SMILES string of the molecule is COc1ccc(C(=O)Cc2ccccc2)c2ccccc12. The Bertz CT molecular complexity index is 776. The van der Waals surface area contributed by atoms with Crippen LogP contribution in [0.1, 0.15) is 15.9 Å². The quantitative estimate of drug-likeness (QED) is 0.665. The van der Waals surface area contributed by atoms with Gasteiger partial charge < -0.3 is 4.74 Å². The number of hydrogen-bond acceptors (Lipinski definition) is 2. The van der Waals surface area contributed by atoms with E-state index in [-0.39, 0.29) is 5.78 Å². The van der Waals surface area contributed by atoms with Crippen molar-refractivity contribution < 1.29 is 9.53 Å². The van der Waals surface area contributed by atoms with Crippen molar-refractivity contribution >= 4 is 16.6 Å². The minimum Gasteiger partial charge on any atom is -0.496 e. The highest BCUT2D eigenvalue weighted by molar-refractivity contribution is 6.10. The Labute approximate surface area is 124 Å². The summed E-state index contributed by atoms with van der Waals surface area (Å²) in [6.45, 7) is 0. The fourth-order valence-corrected chi connectivity index (χ4v) is 2.57. The number of carbonyl (C=O) groups excluding carboxylic acids is 1. The molecule has 0 spiro atoms. The Hall–Kier alpha value is -2.61. The minimum atomic E-state index is 0.125. The molecule has 0 amide bonds. The van der Waals surface area contributed by atoms with Crippen LogP contribution in [0.15, 0.2) is 66.7 Å². The molecule has 3 aromatic rings. The average molecular weight is 276 g/mol. The molecular weight excluding hydrogens is 260 g/mol. The van der Waals surface area contributed by atoms with E-state index in [1.54, 1.807) is 7.11 Å². The van der Waals surface area contributed by atoms with Crippen molar-refractivity contribution in [1.82, 2.24) is 0 Å². The molecule has 3 aromatic carbocycles. The molecule has 2 heteroatoms. The molecular formula is C19H16O2. The van der Waals surface area contributed by atoms with Crippen LogP contribution in [-0.2, 0) is 6.42 Å². The Balaban J connectivity index is 2.03. The lowest BCUT2D eigenvalue weighted by Gasteiger charge is -2.10. The molecule has 0 radical (unpaired) electrons. The molecule has 0 heterocycles. The summed E-state index contributed by atoms with van der Waals surface area (Å²) < 4.78 is 5.37. The number of benzene rings is 3. The topological polar surface area (TPSA) is 26.3 Å². The number of ketones is 1. The second kappa shape index (κ2) is 5.80. The van der Waals surface area contributed by atoms with E-state index in [2.05, 4.69) is 0 Å². The highest BCUT2D eigenvalue weighted by atomic mass is 16.5. The van der Waals surface area contributed by atoms with Crippen LogP contribution in [0.2, 0.25) is 0 Å². The lowest BCUT2D eigenvalue weighted by molar-refractivity contribution is 0.0994. The maximum atomic E-state index is 12.6. The molecule has 0 aromatic heterocycles. The summed E-state index contributed by atoms with van der Waals surface area (Å²) in [5.41, 5.74) is 1.78. The molecule has 0 aliphatic carbocycles. The zero-order valence-electron chi connectivity index (χ0n) is 11.9. The Morgan fingerprint density at radius 1 is 0.857 bits per heavy atom. The summed E-state index contributed by atoms with van der Waals surface area (Å²) in [5.74, 6) is 0.918. The molecule has 0 atom stereocenters. The summed E-state index contributed by atoms with van der Waals surface area (Å²) in [4.78, 5) is 12.6. The van der Waals surface area contributed by atoms with Crippen molar-refractivity contribution in [1.29, 1.82) is 0 Å². The number of rotatable bonds is 4. The number of methoxy groups -OCH3 is 1. The van der Waals surface area contributed by atoms with E-state index >= 15 is 0 Å². The van der Waals surface area contributed by atoms with Crippen molar-refractivity contribution in [2.45, 2.75) is 6.42 Å². The Morgan fingerprint density at radius 2 is 1.52 bits per heavy atom. The van der Waals surface area contributed by atoms with Gasteiger partial charge in [0.2, 0.25) is 0 Å². The zero-order valence-corrected chi connectivity index (χ0v) is 11.9. The van der Waals surface area contributed by atoms with Crippen LogP contribution in [0.25, 0.3) is 10.8 Å². The monoisotopic (exact) mass is 276 g/mol. The Morgan fingerprint density at radius 3 is 2.24 bits per heavy atom. The first-order valence-electron chi connectivity index (χ1n) is 6.92. The van der Waals surface area contributed by atoms with E-state index in [9.17, 15) is 4.79 Å². The molecule has 104 valence electrons. The molecule has 0 bridgehead atoms. The highest BCUT2D eigenvalue weighted by Crippen LogP contribution is 2.29. The van der Waals surface area contributed by atoms with Gasteiger partial charge >= 0.3 is 0 Å². The fourth-order valence-electron chi connectivity index (χ4n) is 2.57. The van der Waals surface area contributed by atoms with Crippen LogP contribution in [0.4, 0.5) is 0 Å². The van der Waals surface area contributed by atoms with Gasteiger partial charge in [0.15, 0.2) is 5.78 Å². The predicted molar refractivity (Wildman–Crippen MR) is 85.0 cm³/mol. The average Bonchev–Trinajstić information content (AvgIpc) is 2.54. The van der Waals surface area contributed by atoms with E-state index < -0.39 is 0 Å². The zero-order chi connectivity index (χ0) is 14.7.